The summed E-state index contributed by atoms with van der Waals surface area (Å²) in [7, 11) is 0. The van der Waals surface area contributed by atoms with Crippen molar-refractivity contribution in [2.24, 2.45) is 0 Å². The molecule has 178 valence electrons. The van der Waals surface area contributed by atoms with Crippen molar-refractivity contribution in [3.05, 3.63) is 107 Å². The largest absolute Gasteiger partial charge is 0.489 e. The molecular formula is C28H28N4O2S. The third-order valence-electron chi connectivity index (χ3n) is 5.94. The third kappa shape index (κ3) is 6.31. The Balaban J connectivity index is 1.17. The zero-order chi connectivity index (χ0) is 23.9. The number of rotatable bonds is 11. The van der Waals surface area contributed by atoms with Gasteiger partial charge >= 0.3 is 0 Å². The van der Waals surface area contributed by atoms with E-state index < -0.39 is 0 Å². The standard InChI is InChI=1S/C28H28N4O2S/c33-26(29-17-23-11-7-8-12-24(23)19-34-25-13-5-2-6-14-25)20-35-28-31-30-27(22-15-16-22)32(28)18-21-9-3-1-4-10-21/h1-14,22H,15-20H2,(H,29,33). The molecule has 0 aliphatic heterocycles. The minimum Gasteiger partial charge on any atom is -0.489 e. The van der Waals surface area contributed by atoms with Gasteiger partial charge in [-0.05, 0) is 41.7 Å². The summed E-state index contributed by atoms with van der Waals surface area (Å²) in [5.74, 6) is 2.61. The molecule has 1 N–H and O–H groups in total. The lowest BCUT2D eigenvalue weighted by molar-refractivity contribution is -0.118. The zero-order valence-electron chi connectivity index (χ0n) is 19.5. The SMILES string of the molecule is O=C(CSc1nnc(C2CC2)n1Cc1ccccc1)NCc1ccccc1COc1ccccc1. The number of para-hydroxylation sites is 1. The van der Waals surface area contributed by atoms with Crippen LogP contribution in [0.15, 0.2) is 90.1 Å². The molecule has 5 rings (SSSR count). The van der Waals surface area contributed by atoms with Gasteiger partial charge < -0.3 is 14.6 Å². The minimum absolute atomic E-state index is 0.0315. The van der Waals surface area contributed by atoms with Crippen LogP contribution in [0.25, 0.3) is 0 Å². The van der Waals surface area contributed by atoms with Crippen molar-refractivity contribution in [2.45, 2.75) is 43.6 Å². The highest BCUT2D eigenvalue weighted by molar-refractivity contribution is 7.99. The van der Waals surface area contributed by atoms with E-state index in [1.54, 1.807) is 0 Å². The van der Waals surface area contributed by atoms with Gasteiger partial charge in [-0.25, -0.2) is 0 Å². The molecule has 1 fully saturated rings. The van der Waals surface area contributed by atoms with E-state index in [0.717, 1.165) is 47.2 Å². The first-order valence-electron chi connectivity index (χ1n) is 11.9. The summed E-state index contributed by atoms with van der Waals surface area (Å²) in [6, 6.07) is 28.1. The first kappa shape index (κ1) is 23.2. The highest BCUT2D eigenvalue weighted by Gasteiger charge is 2.30. The molecule has 35 heavy (non-hydrogen) atoms. The first-order chi connectivity index (χ1) is 17.3. The summed E-state index contributed by atoms with van der Waals surface area (Å²) < 4.78 is 8.07. The lowest BCUT2D eigenvalue weighted by atomic mass is 10.1. The lowest BCUT2D eigenvalue weighted by Crippen LogP contribution is -2.25. The number of thioether (sulfide) groups is 1. The van der Waals surface area contributed by atoms with E-state index in [1.807, 2.05) is 72.8 Å². The number of ether oxygens (including phenoxy) is 1. The molecule has 0 saturated heterocycles. The van der Waals surface area contributed by atoms with Crippen LogP contribution in [-0.2, 0) is 24.5 Å². The molecule has 1 amide bonds. The molecule has 0 bridgehead atoms. The number of hydrogen-bond acceptors (Lipinski definition) is 5. The molecular weight excluding hydrogens is 456 g/mol. The van der Waals surface area contributed by atoms with E-state index >= 15 is 0 Å². The van der Waals surface area contributed by atoms with E-state index in [4.69, 9.17) is 4.74 Å². The highest BCUT2D eigenvalue weighted by Crippen LogP contribution is 2.40. The molecule has 4 aromatic rings. The van der Waals surface area contributed by atoms with Crippen LogP contribution in [0, 0.1) is 0 Å². The molecule has 0 unspecified atom stereocenters. The summed E-state index contributed by atoms with van der Waals surface area (Å²) in [6.07, 6.45) is 2.32. The Bertz CT molecular complexity index is 1260. The van der Waals surface area contributed by atoms with Gasteiger partial charge in [0.15, 0.2) is 5.16 Å². The Morgan fingerprint density at radius 1 is 0.914 bits per heavy atom. The molecule has 1 aliphatic carbocycles. The molecule has 7 heteroatoms. The molecule has 1 aromatic heterocycles. The van der Waals surface area contributed by atoms with Gasteiger partial charge in [0.25, 0.3) is 0 Å². The molecule has 0 spiro atoms. The predicted octanol–water partition coefficient (Wildman–Crippen LogP) is 5.19. The van der Waals surface area contributed by atoms with Crippen molar-refractivity contribution < 1.29 is 9.53 Å². The second-order valence-electron chi connectivity index (χ2n) is 8.62. The molecule has 1 heterocycles. The number of hydrogen-bond donors (Lipinski definition) is 1. The maximum absolute atomic E-state index is 12.7. The lowest BCUT2D eigenvalue weighted by Gasteiger charge is -2.12. The van der Waals surface area contributed by atoms with Gasteiger partial charge in [0.2, 0.25) is 5.91 Å². The van der Waals surface area contributed by atoms with Gasteiger partial charge in [-0.15, -0.1) is 10.2 Å². The smallest absolute Gasteiger partial charge is 0.230 e. The van der Waals surface area contributed by atoms with E-state index in [9.17, 15) is 4.79 Å². The van der Waals surface area contributed by atoms with Crippen molar-refractivity contribution in [3.8, 4) is 5.75 Å². The fourth-order valence-corrected chi connectivity index (χ4v) is 4.66. The topological polar surface area (TPSA) is 69.0 Å². The monoisotopic (exact) mass is 484 g/mol. The number of carbonyl (C=O) groups is 1. The molecule has 6 nitrogen and oxygen atoms in total. The normalized spacial score (nSPS) is 12.9. The fraction of sp³-hybridized carbons (Fsp3) is 0.250. The Hall–Kier alpha value is -3.58. The third-order valence-corrected chi connectivity index (χ3v) is 6.90. The summed E-state index contributed by atoms with van der Waals surface area (Å²) in [4.78, 5) is 12.7. The first-order valence-corrected chi connectivity index (χ1v) is 12.9. The Kier molecular flexibility index (Phi) is 7.44. The Morgan fingerprint density at radius 3 is 2.34 bits per heavy atom. The van der Waals surface area contributed by atoms with E-state index in [-0.39, 0.29) is 5.91 Å². The van der Waals surface area contributed by atoms with Crippen molar-refractivity contribution >= 4 is 17.7 Å². The number of carbonyl (C=O) groups excluding carboxylic acids is 1. The van der Waals surface area contributed by atoms with E-state index in [1.165, 1.54) is 17.3 Å². The van der Waals surface area contributed by atoms with Crippen molar-refractivity contribution in [1.29, 1.82) is 0 Å². The van der Waals surface area contributed by atoms with Crippen LogP contribution < -0.4 is 10.1 Å². The minimum atomic E-state index is -0.0315. The zero-order valence-corrected chi connectivity index (χ0v) is 20.3. The van der Waals surface area contributed by atoms with Crippen LogP contribution in [0.4, 0.5) is 0 Å². The van der Waals surface area contributed by atoms with Crippen LogP contribution in [0.3, 0.4) is 0 Å². The average Bonchev–Trinajstić information content (AvgIpc) is 3.68. The second kappa shape index (κ2) is 11.2. The van der Waals surface area contributed by atoms with Gasteiger partial charge in [0, 0.05) is 12.5 Å². The van der Waals surface area contributed by atoms with Crippen LogP contribution >= 0.6 is 11.8 Å². The quantitative estimate of drug-likeness (QED) is 0.297. The average molecular weight is 485 g/mol. The van der Waals surface area contributed by atoms with Gasteiger partial charge in [0.05, 0.1) is 12.3 Å². The number of benzene rings is 3. The summed E-state index contributed by atoms with van der Waals surface area (Å²) >= 11 is 1.44. The Labute approximate surface area is 209 Å². The van der Waals surface area contributed by atoms with Crippen molar-refractivity contribution in [3.63, 3.8) is 0 Å². The summed E-state index contributed by atoms with van der Waals surface area (Å²) in [6.45, 7) is 1.63. The van der Waals surface area contributed by atoms with Gasteiger partial charge in [-0.2, -0.15) is 0 Å². The fourth-order valence-electron chi connectivity index (χ4n) is 3.89. The summed E-state index contributed by atoms with van der Waals surface area (Å²) in [5, 5.41) is 12.7. The van der Waals surface area contributed by atoms with Crippen LogP contribution in [0.1, 0.15) is 41.3 Å². The summed E-state index contributed by atoms with van der Waals surface area (Å²) in [5.41, 5.74) is 3.31. The maximum atomic E-state index is 12.7. The molecule has 1 aliphatic rings. The van der Waals surface area contributed by atoms with Crippen molar-refractivity contribution in [2.75, 3.05) is 5.75 Å². The number of aromatic nitrogens is 3. The maximum Gasteiger partial charge on any atom is 0.230 e. The number of amides is 1. The molecule has 1 saturated carbocycles. The van der Waals surface area contributed by atoms with E-state index in [2.05, 4.69) is 32.2 Å². The Morgan fingerprint density at radius 2 is 1.60 bits per heavy atom. The van der Waals surface area contributed by atoms with Crippen LogP contribution in [-0.4, -0.2) is 26.4 Å². The highest BCUT2D eigenvalue weighted by atomic mass is 32.2. The number of nitrogens with zero attached hydrogens (tertiary/aromatic N) is 3. The van der Waals surface area contributed by atoms with Gasteiger partial charge in [0.1, 0.15) is 18.2 Å². The van der Waals surface area contributed by atoms with Crippen LogP contribution in [0.2, 0.25) is 0 Å². The molecule has 0 radical (unpaired) electrons. The second-order valence-corrected chi connectivity index (χ2v) is 9.57. The van der Waals surface area contributed by atoms with Crippen molar-refractivity contribution in [1.82, 2.24) is 20.1 Å². The van der Waals surface area contributed by atoms with Crippen LogP contribution in [0.5, 0.6) is 5.75 Å². The van der Waals surface area contributed by atoms with Gasteiger partial charge in [-0.1, -0.05) is 84.6 Å². The van der Waals surface area contributed by atoms with Gasteiger partial charge in [-0.3, -0.25) is 4.79 Å². The number of nitrogens with one attached hydrogen (secondary N) is 1. The van der Waals surface area contributed by atoms with E-state index in [0.29, 0.717) is 24.8 Å². The molecule has 3 aromatic carbocycles. The predicted molar refractivity (Wildman–Crippen MR) is 137 cm³/mol. The molecule has 0 atom stereocenters.